The van der Waals surface area contributed by atoms with Crippen molar-refractivity contribution in [1.29, 1.82) is 0 Å². The maximum atomic E-state index is 3.71. The van der Waals surface area contributed by atoms with Gasteiger partial charge in [0.2, 0.25) is 0 Å². The molecule has 5 rings (SSSR count). The standard InChI is InChI=1S/C16H24N2/c1-17-10-14-2-3-15(18-14)16-7-11-4-12(8-16)6-13(5-11)9-16/h2-3,11-13,17-18H,4-10H2,1H3. The molecule has 2 heteroatoms. The molecule has 0 saturated heterocycles. The number of aromatic nitrogens is 1. The fourth-order valence-electron chi connectivity index (χ4n) is 5.48. The number of rotatable bonds is 3. The normalized spacial score (nSPS) is 41.5. The van der Waals surface area contributed by atoms with E-state index in [0.29, 0.717) is 5.41 Å². The van der Waals surface area contributed by atoms with Gasteiger partial charge in [0.25, 0.3) is 0 Å². The zero-order valence-electron chi connectivity index (χ0n) is 11.3. The number of hydrogen-bond donors (Lipinski definition) is 2. The van der Waals surface area contributed by atoms with Crippen LogP contribution in [0.4, 0.5) is 0 Å². The second kappa shape index (κ2) is 3.86. The molecule has 1 heterocycles. The largest absolute Gasteiger partial charge is 0.361 e. The van der Waals surface area contributed by atoms with Crippen molar-refractivity contribution >= 4 is 0 Å². The van der Waals surface area contributed by atoms with Gasteiger partial charge >= 0.3 is 0 Å². The minimum Gasteiger partial charge on any atom is -0.361 e. The molecule has 4 aliphatic rings. The fourth-order valence-corrected chi connectivity index (χ4v) is 5.48. The average Bonchev–Trinajstić information content (AvgIpc) is 2.77. The molecular formula is C16H24N2. The summed E-state index contributed by atoms with van der Waals surface area (Å²) in [6, 6.07) is 4.66. The van der Waals surface area contributed by atoms with Crippen molar-refractivity contribution in [3.63, 3.8) is 0 Å². The SMILES string of the molecule is CNCc1ccc(C23CC4CC(CC(C4)C2)C3)[nH]1. The van der Waals surface area contributed by atoms with Crippen molar-refractivity contribution in [1.82, 2.24) is 10.3 Å². The van der Waals surface area contributed by atoms with Crippen LogP contribution >= 0.6 is 0 Å². The smallest absolute Gasteiger partial charge is 0.0354 e. The Morgan fingerprint density at radius 2 is 1.72 bits per heavy atom. The molecule has 1 aromatic rings. The van der Waals surface area contributed by atoms with E-state index in [1.807, 2.05) is 7.05 Å². The van der Waals surface area contributed by atoms with Gasteiger partial charge in [-0.1, -0.05) is 0 Å². The second-order valence-electron chi connectivity index (χ2n) is 7.13. The van der Waals surface area contributed by atoms with E-state index >= 15 is 0 Å². The van der Waals surface area contributed by atoms with Gasteiger partial charge in [-0.05, 0) is 75.5 Å². The molecule has 0 aromatic carbocycles. The zero-order chi connectivity index (χ0) is 12.2. The summed E-state index contributed by atoms with van der Waals surface area (Å²) in [4.78, 5) is 3.71. The van der Waals surface area contributed by atoms with Crippen LogP contribution in [0.2, 0.25) is 0 Å². The molecule has 0 unspecified atom stereocenters. The molecule has 4 bridgehead atoms. The van der Waals surface area contributed by atoms with E-state index in [1.54, 1.807) is 5.69 Å². The number of aromatic amines is 1. The summed E-state index contributed by atoms with van der Waals surface area (Å²) >= 11 is 0. The fraction of sp³-hybridized carbons (Fsp3) is 0.750. The molecule has 0 spiro atoms. The molecule has 18 heavy (non-hydrogen) atoms. The summed E-state index contributed by atoms with van der Waals surface area (Å²) in [6.45, 7) is 0.965. The summed E-state index contributed by atoms with van der Waals surface area (Å²) < 4.78 is 0. The third kappa shape index (κ3) is 1.58. The molecule has 98 valence electrons. The highest BCUT2D eigenvalue weighted by atomic mass is 14.9. The van der Waals surface area contributed by atoms with E-state index < -0.39 is 0 Å². The van der Waals surface area contributed by atoms with Crippen LogP contribution in [0.15, 0.2) is 12.1 Å². The Labute approximate surface area is 110 Å². The van der Waals surface area contributed by atoms with Crippen LogP contribution in [-0.4, -0.2) is 12.0 Å². The Morgan fingerprint density at radius 3 is 2.28 bits per heavy atom. The van der Waals surface area contributed by atoms with E-state index in [2.05, 4.69) is 22.4 Å². The van der Waals surface area contributed by atoms with Crippen LogP contribution in [0.3, 0.4) is 0 Å². The molecule has 0 amide bonds. The van der Waals surface area contributed by atoms with Gasteiger partial charge < -0.3 is 10.3 Å². The van der Waals surface area contributed by atoms with E-state index in [0.717, 1.165) is 24.3 Å². The van der Waals surface area contributed by atoms with Crippen LogP contribution in [0.1, 0.15) is 49.9 Å². The quantitative estimate of drug-likeness (QED) is 0.839. The summed E-state index contributed by atoms with van der Waals surface area (Å²) in [5.41, 5.74) is 3.43. The van der Waals surface area contributed by atoms with E-state index in [4.69, 9.17) is 0 Å². The summed E-state index contributed by atoms with van der Waals surface area (Å²) in [6.07, 6.45) is 8.96. The highest BCUT2D eigenvalue weighted by Crippen LogP contribution is 2.60. The number of nitrogens with one attached hydrogen (secondary N) is 2. The van der Waals surface area contributed by atoms with E-state index in [1.165, 1.54) is 44.2 Å². The van der Waals surface area contributed by atoms with Crippen molar-refractivity contribution in [2.75, 3.05) is 7.05 Å². The molecule has 1 aromatic heterocycles. The van der Waals surface area contributed by atoms with Crippen molar-refractivity contribution in [2.45, 2.75) is 50.5 Å². The van der Waals surface area contributed by atoms with Gasteiger partial charge in [-0.15, -0.1) is 0 Å². The molecule has 4 aliphatic carbocycles. The van der Waals surface area contributed by atoms with Crippen LogP contribution in [-0.2, 0) is 12.0 Å². The second-order valence-corrected chi connectivity index (χ2v) is 7.13. The van der Waals surface area contributed by atoms with E-state index in [-0.39, 0.29) is 0 Å². The number of hydrogen-bond acceptors (Lipinski definition) is 1. The Hall–Kier alpha value is -0.760. The van der Waals surface area contributed by atoms with Crippen LogP contribution in [0.5, 0.6) is 0 Å². The zero-order valence-corrected chi connectivity index (χ0v) is 11.3. The van der Waals surface area contributed by atoms with Crippen LogP contribution in [0.25, 0.3) is 0 Å². The summed E-state index contributed by atoms with van der Waals surface area (Å²) in [7, 11) is 2.02. The first-order valence-corrected chi connectivity index (χ1v) is 7.60. The lowest BCUT2D eigenvalue weighted by atomic mass is 9.49. The van der Waals surface area contributed by atoms with Crippen molar-refractivity contribution in [3.8, 4) is 0 Å². The Bertz CT molecular complexity index is 410. The average molecular weight is 244 g/mol. The molecule has 2 nitrogen and oxygen atoms in total. The van der Waals surface area contributed by atoms with Crippen LogP contribution < -0.4 is 5.32 Å². The Balaban J connectivity index is 1.66. The molecule has 2 N–H and O–H groups in total. The minimum atomic E-state index is 0.529. The van der Waals surface area contributed by atoms with Crippen molar-refractivity contribution in [2.24, 2.45) is 17.8 Å². The first kappa shape index (κ1) is 11.1. The highest BCUT2D eigenvalue weighted by molar-refractivity contribution is 5.26. The minimum absolute atomic E-state index is 0.529. The van der Waals surface area contributed by atoms with Crippen molar-refractivity contribution in [3.05, 3.63) is 23.5 Å². The topological polar surface area (TPSA) is 27.8 Å². The maximum Gasteiger partial charge on any atom is 0.0354 e. The van der Waals surface area contributed by atoms with Gasteiger partial charge in [0.1, 0.15) is 0 Å². The third-order valence-corrected chi connectivity index (χ3v) is 5.72. The van der Waals surface area contributed by atoms with Gasteiger partial charge in [-0.25, -0.2) is 0 Å². The maximum absolute atomic E-state index is 3.71. The first-order valence-electron chi connectivity index (χ1n) is 7.60. The Morgan fingerprint density at radius 1 is 1.11 bits per heavy atom. The summed E-state index contributed by atoms with van der Waals surface area (Å²) in [5, 5.41) is 3.24. The lowest BCUT2D eigenvalue weighted by Gasteiger charge is -2.56. The Kier molecular flexibility index (Phi) is 2.38. The van der Waals surface area contributed by atoms with Crippen molar-refractivity contribution < 1.29 is 0 Å². The van der Waals surface area contributed by atoms with Crippen LogP contribution in [0, 0.1) is 17.8 Å². The molecule has 0 atom stereocenters. The molecule has 4 fully saturated rings. The van der Waals surface area contributed by atoms with Gasteiger partial charge in [-0.3, -0.25) is 0 Å². The monoisotopic (exact) mass is 244 g/mol. The third-order valence-electron chi connectivity index (χ3n) is 5.72. The molecule has 0 aliphatic heterocycles. The van der Waals surface area contributed by atoms with Gasteiger partial charge in [-0.2, -0.15) is 0 Å². The number of H-pyrrole nitrogens is 1. The lowest BCUT2D eigenvalue weighted by molar-refractivity contribution is -0.00702. The predicted molar refractivity (Wildman–Crippen MR) is 73.4 cm³/mol. The molecule has 0 radical (unpaired) electrons. The first-order chi connectivity index (χ1) is 8.77. The van der Waals surface area contributed by atoms with Gasteiger partial charge in [0, 0.05) is 23.3 Å². The predicted octanol–water partition coefficient (Wildman–Crippen LogP) is 3.20. The van der Waals surface area contributed by atoms with Gasteiger partial charge in [0.15, 0.2) is 0 Å². The lowest BCUT2D eigenvalue weighted by Crippen LogP contribution is -2.48. The molecule has 4 saturated carbocycles. The summed E-state index contributed by atoms with van der Waals surface area (Å²) in [5.74, 6) is 3.10. The molecular weight excluding hydrogens is 220 g/mol. The highest BCUT2D eigenvalue weighted by Gasteiger charge is 2.52. The van der Waals surface area contributed by atoms with E-state index in [9.17, 15) is 0 Å². The van der Waals surface area contributed by atoms with Gasteiger partial charge in [0.05, 0.1) is 0 Å².